The Morgan fingerprint density at radius 1 is 1.29 bits per heavy atom. The number of hydrogen-bond donors (Lipinski definition) is 1. The van der Waals surface area contributed by atoms with Crippen LogP contribution in [0.2, 0.25) is 0 Å². The second-order valence-electron chi connectivity index (χ2n) is 8.27. The highest BCUT2D eigenvalue weighted by Gasteiger charge is 2.36. The summed E-state index contributed by atoms with van der Waals surface area (Å²) in [5, 5.41) is 12.9. The summed E-state index contributed by atoms with van der Waals surface area (Å²) in [7, 11) is 1.33. The number of nitrogens with zero attached hydrogens (tertiary/aromatic N) is 6. The maximum atomic E-state index is 14.0. The number of aromatic nitrogens is 6. The number of carbonyl (C=O) groups excluding carboxylic acids is 1. The molecule has 12 heteroatoms. The number of benzene rings is 1. The molecule has 0 fully saturated rings. The summed E-state index contributed by atoms with van der Waals surface area (Å²) in [5.74, 6) is 0.316. The minimum atomic E-state index is -2.59. The molecular weight excluding hydrogens is 476 g/mol. The van der Waals surface area contributed by atoms with E-state index >= 15 is 0 Å². The number of ether oxygens (including phenoxy) is 1. The molecule has 9 nitrogen and oxygen atoms in total. The maximum absolute atomic E-state index is 14.0. The average molecular weight is 496 g/mol. The van der Waals surface area contributed by atoms with Crippen molar-refractivity contribution in [3.63, 3.8) is 0 Å². The summed E-state index contributed by atoms with van der Waals surface area (Å²) < 4.78 is 35.8. The van der Waals surface area contributed by atoms with Crippen molar-refractivity contribution in [3.05, 3.63) is 58.9 Å². The molecule has 0 spiro atoms. The van der Waals surface area contributed by atoms with E-state index in [1.807, 2.05) is 37.3 Å². The van der Waals surface area contributed by atoms with Gasteiger partial charge in [-0.1, -0.05) is 30.3 Å². The van der Waals surface area contributed by atoms with Gasteiger partial charge in [-0.05, 0) is 24.5 Å². The largest absolute Gasteiger partial charge is 0.465 e. The van der Waals surface area contributed by atoms with Crippen LogP contribution in [0.1, 0.15) is 39.3 Å². The Balaban J connectivity index is 1.48. The van der Waals surface area contributed by atoms with Gasteiger partial charge in [-0.3, -0.25) is 0 Å². The molecule has 0 bridgehead atoms. The Morgan fingerprint density at radius 2 is 2.09 bits per heavy atom. The monoisotopic (exact) mass is 495 g/mol. The van der Waals surface area contributed by atoms with Gasteiger partial charge in [-0.25, -0.2) is 32.7 Å². The molecule has 5 aromatic rings. The molecule has 0 saturated heterocycles. The lowest BCUT2D eigenvalue weighted by molar-refractivity contribution is 0.0605. The van der Waals surface area contributed by atoms with Crippen molar-refractivity contribution in [1.29, 1.82) is 0 Å². The Bertz CT molecular complexity index is 1580. The number of anilines is 1. The van der Waals surface area contributed by atoms with Crippen LogP contribution in [0, 0.1) is 6.92 Å². The molecule has 1 aliphatic heterocycles. The molecule has 2 atom stereocenters. The summed E-state index contributed by atoms with van der Waals surface area (Å²) in [4.78, 5) is 22.4. The van der Waals surface area contributed by atoms with Gasteiger partial charge >= 0.3 is 5.97 Å². The van der Waals surface area contributed by atoms with E-state index in [0.29, 0.717) is 43.5 Å². The van der Waals surface area contributed by atoms with Crippen LogP contribution in [0.4, 0.5) is 14.6 Å². The van der Waals surface area contributed by atoms with Gasteiger partial charge in [0.2, 0.25) is 0 Å². The number of aryl methyl sites for hydroxylation is 1. The summed E-state index contributed by atoms with van der Waals surface area (Å²) >= 11 is 1.22. The van der Waals surface area contributed by atoms with Crippen molar-refractivity contribution in [1.82, 2.24) is 29.4 Å². The van der Waals surface area contributed by atoms with Crippen LogP contribution >= 0.6 is 11.3 Å². The molecule has 4 aromatic heterocycles. The van der Waals surface area contributed by atoms with E-state index in [0.717, 1.165) is 5.56 Å². The van der Waals surface area contributed by atoms with Crippen molar-refractivity contribution in [2.24, 2.45) is 0 Å². The zero-order valence-corrected chi connectivity index (χ0v) is 19.5. The van der Waals surface area contributed by atoms with Gasteiger partial charge in [0, 0.05) is 0 Å². The lowest BCUT2D eigenvalue weighted by Crippen LogP contribution is -2.31. The summed E-state index contributed by atoms with van der Waals surface area (Å²) in [5.41, 5.74) is 2.63. The lowest BCUT2D eigenvalue weighted by Gasteiger charge is -2.32. The highest BCUT2D eigenvalue weighted by atomic mass is 32.1. The van der Waals surface area contributed by atoms with Gasteiger partial charge in [0.1, 0.15) is 27.9 Å². The summed E-state index contributed by atoms with van der Waals surface area (Å²) in [6.45, 7) is 1.81. The van der Waals surface area contributed by atoms with Gasteiger partial charge in [0.15, 0.2) is 11.5 Å². The zero-order valence-electron chi connectivity index (χ0n) is 18.6. The fourth-order valence-electron chi connectivity index (χ4n) is 4.54. The molecule has 6 rings (SSSR count). The highest BCUT2D eigenvalue weighted by Crippen LogP contribution is 2.42. The van der Waals surface area contributed by atoms with Crippen molar-refractivity contribution in [2.45, 2.75) is 31.9 Å². The average Bonchev–Trinajstić information content (AvgIpc) is 3.57. The van der Waals surface area contributed by atoms with Gasteiger partial charge in [0.05, 0.1) is 30.3 Å². The van der Waals surface area contributed by atoms with Gasteiger partial charge < -0.3 is 10.1 Å². The molecule has 0 radical (unpaired) electrons. The predicted molar refractivity (Wildman–Crippen MR) is 126 cm³/mol. The smallest absolute Gasteiger partial charge is 0.348 e. The number of halogens is 2. The molecule has 1 aromatic carbocycles. The van der Waals surface area contributed by atoms with Crippen LogP contribution in [-0.4, -0.2) is 48.9 Å². The molecule has 0 aliphatic carbocycles. The number of esters is 1. The van der Waals surface area contributed by atoms with Crippen LogP contribution in [0.5, 0.6) is 0 Å². The zero-order chi connectivity index (χ0) is 24.3. The van der Waals surface area contributed by atoms with Gasteiger partial charge in [0.25, 0.3) is 6.43 Å². The Hall–Kier alpha value is -3.93. The van der Waals surface area contributed by atoms with Crippen molar-refractivity contribution >= 4 is 39.0 Å². The van der Waals surface area contributed by atoms with Crippen LogP contribution in [0.3, 0.4) is 0 Å². The van der Waals surface area contributed by atoms with Crippen LogP contribution in [0.15, 0.2) is 42.9 Å². The third-order valence-electron chi connectivity index (χ3n) is 6.27. The van der Waals surface area contributed by atoms with Gasteiger partial charge in [-0.2, -0.15) is 5.10 Å². The van der Waals surface area contributed by atoms with Gasteiger partial charge in [-0.15, -0.1) is 16.4 Å². The first-order valence-electron chi connectivity index (χ1n) is 10.9. The van der Waals surface area contributed by atoms with E-state index in [9.17, 15) is 13.6 Å². The molecule has 1 aliphatic rings. The molecule has 0 amide bonds. The van der Waals surface area contributed by atoms with Crippen LogP contribution < -0.4 is 5.32 Å². The van der Waals surface area contributed by atoms with Crippen molar-refractivity contribution < 1.29 is 18.3 Å². The van der Waals surface area contributed by atoms with E-state index in [1.54, 1.807) is 0 Å². The summed E-state index contributed by atoms with van der Waals surface area (Å²) in [6.07, 6.45) is 0.634. The molecule has 0 unspecified atom stereocenters. The Labute approximate surface area is 201 Å². The normalized spacial score (nSPS) is 17.6. The van der Waals surface area contributed by atoms with Crippen molar-refractivity contribution in [3.8, 4) is 11.4 Å². The first-order chi connectivity index (χ1) is 17.0. The first kappa shape index (κ1) is 21.6. The van der Waals surface area contributed by atoms with Crippen molar-refractivity contribution in [2.75, 3.05) is 12.4 Å². The minimum absolute atomic E-state index is 0.198. The molecule has 1 N–H and O–H groups in total. The van der Waals surface area contributed by atoms with E-state index in [2.05, 4.69) is 20.5 Å². The number of fused-ring (bicyclic) bond motifs is 4. The Morgan fingerprint density at radius 3 is 2.83 bits per heavy atom. The number of thiophene rings is 1. The number of hydrogen-bond acceptors (Lipinski definition) is 8. The van der Waals surface area contributed by atoms with E-state index in [4.69, 9.17) is 9.72 Å². The van der Waals surface area contributed by atoms with E-state index in [1.165, 1.54) is 40.2 Å². The lowest BCUT2D eigenvalue weighted by atomic mass is 9.97. The number of nitrogens with one attached hydrogen (secondary N) is 1. The Kier molecular flexibility index (Phi) is 4.99. The molecule has 178 valence electrons. The third kappa shape index (κ3) is 3.35. The SMILES string of the molecule is COC(=O)c1sc2ncn3nc(-c4cnn5c4N[C@@H](c4ccccc4)C[C@@H]5C(F)F)nc3c2c1C. The standard InChI is InChI=1S/C23H19F2N7O2S/c1-11-16-21-29-19(30-31(21)10-26-22(16)35-17(11)23(33)34-2)13-9-27-32-15(18(24)25)8-14(28-20(13)32)12-6-4-3-5-7-12/h3-7,9-10,14-15,18,28H,8H2,1-2H3/t14-,15-/m1/s1. The quantitative estimate of drug-likeness (QED) is 0.362. The van der Waals surface area contributed by atoms with Crippen LogP contribution in [-0.2, 0) is 4.74 Å². The minimum Gasteiger partial charge on any atom is -0.465 e. The number of rotatable bonds is 4. The highest BCUT2D eigenvalue weighted by molar-refractivity contribution is 7.20. The van der Waals surface area contributed by atoms with E-state index < -0.39 is 18.4 Å². The van der Waals surface area contributed by atoms with Crippen LogP contribution in [0.25, 0.3) is 27.3 Å². The number of methoxy groups -OCH3 is 1. The van der Waals surface area contributed by atoms with E-state index in [-0.39, 0.29) is 12.5 Å². The molecule has 5 heterocycles. The third-order valence-corrected chi connectivity index (χ3v) is 7.45. The fourth-order valence-corrected chi connectivity index (χ4v) is 5.60. The predicted octanol–water partition coefficient (Wildman–Crippen LogP) is 4.66. The number of carbonyl (C=O) groups is 1. The molecule has 0 saturated carbocycles. The number of alkyl halides is 2. The second-order valence-corrected chi connectivity index (χ2v) is 9.27. The first-order valence-corrected chi connectivity index (χ1v) is 11.7. The molecule has 35 heavy (non-hydrogen) atoms. The molecular formula is C23H19F2N7O2S. The fraction of sp³-hybridized carbons (Fsp3) is 0.261. The second kappa shape index (κ2) is 8.08. The summed E-state index contributed by atoms with van der Waals surface area (Å²) in [6, 6.07) is 8.08. The topological polar surface area (TPSA) is 99.2 Å². The maximum Gasteiger partial charge on any atom is 0.348 e.